The maximum atomic E-state index is 12.0. The smallest absolute Gasteiger partial charge is 0.323 e. The van der Waals surface area contributed by atoms with Gasteiger partial charge in [-0.25, -0.2) is 4.79 Å². The van der Waals surface area contributed by atoms with Gasteiger partial charge in [0.2, 0.25) is 5.91 Å². The van der Waals surface area contributed by atoms with Crippen LogP contribution in [0.1, 0.15) is 10.9 Å². The highest BCUT2D eigenvalue weighted by atomic mass is 32.1. The van der Waals surface area contributed by atoms with Crippen molar-refractivity contribution in [1.29, 1.82) is 0 Å². The summed E-state index contributed by atoms with van der Waals surface area (Å²) in [6.07, 6.45) is 0. The highest BCUT2D eigenvalue weighted by Crippen LogP contribution is 2.20. The minimum atomic E-state index is -0.698. The summed E-state index contributed by atoms with van der Waals surface area (Å²) in [6, 6.07) is 8.10. The first-order valence-electron chi connectivity index (χ1n) is 5.95. The van der Waals surface area contributed by atoms with Crippen LogP contribution in [0.25, 0.3) is 11.0 Å². The molecule has 3 aromatic rings. The molecule has 6 nitrogen and oxygen atoms in total. The Bertz CT molecular complexity index is 803. The molecule has 0 fully saturated rings. The lowest BCUT2D eigenvalue weighted by atomic mass is 10.2. The molecule has 0 saturated heterocycles. The van der Waals surface area contributed by atoms with Gasteiger partial charge in [-0.2, -0.15) is 0 Å². The Morgan fingerprint density at radius 3 is 2.80 bits per heavy atom. The van der Waals surface area contributed by atoms with Crippen LogP contribution in [0.3, 0.4) is 0 Å². The molecule has 0 aliphatic carbocycles. The normalized spacial score (nSPS) is 12.4. The number of carbonyl (C=O) groups excluding carboxylic acids is 1. The van der Waals surface area contributed by atoms with Crippen molar-refractivity contribution in [1.82, 2.24) is 9.97 Å². The van der Waals surface area contributed by atoms with Crippen LogP contribution in [-0.4, -0.2) is 15.9 Å². The van der Waals surface area contributed by atoms with Crippen molar-refractivity contribution in [3.8, 4) is 0 Å². The zero-order valence-electron chi connectivity index (χ0n) is 10.3. The Balaban J connectivity index is 1.81. The fraction of sp³-hybridized carbons (Fsp3) is 0.0769. The van der Waals surface area contributed by atoms with Gasteiger partial charge in [0.1, 0.15) is 6.04 Å². The molecule has 0 aliphatic heterocycles. The van der Waals surface area contributed by atoms with Crippen molar-refractivity contribution in [3.05, 3.63) is 51.1 Å². The van der Waals surface area contributed by atoms with Gasteiger partial charge in [-0.15, -0.1) is 11.3 Å². The van der Waals surface area contributed by atoms with E-state index in [1.807, 2.05) is 17.5 Å². The van der Waals surface area contributed by atoms with Gasteiger partial charge in [0.15, 0.2) is 0 Å². The molecule has 0 radical (unpaired) electrons. The third-order valence-electron chi connectivity index (χ3n) is 2.92. The Morgan fingerprint density at radius 2 is 2.05 bits per heavy atom. The molecular formula is C13H12N4O2S. The number of hydrogen-bond acceptors (Lipinski definition) is 4. The number of rotatable bonds is 3. The lowest BCUT2D eigenvalue weighted by Gasteiger charge is -2.10. The molecule has 0 spiro atoms. The van der Waals surface area contributed by atoms with Crippen molar-refractivity contribution in [3.63, 3.8) is 0 Å². The van der Waals surface area contributed by atoms with E-state index in [0.717, 1.165) is 4.88 Å². The second-order valence-corrected chi connectivity index (χ2v) is 5.30. The number of fused-ring (bicyclic) bond motifs is 1. The zero-order chi connectivity index (χ0) is 14.1. The highest BCUT2D eigenvalue weighted by molar-refractivity contribution is 7.10. The van der Waals surface area contributed by atoms with Gasteiger partial charge >= 0.3 is 5.69 Å². The number of amides is 1. The molecule has 1 unspecified atom stereocenters. The van der Waals surface area contributed by atoms with Crippen molar-refractivity contribution in [2.45, 2.75) is 6.04 Å². The Labute approximate surface area is 117 Å². The van der Waals surface area contributed by atoms with Gasteiger partial charge in [-0.1, -0.05) is 6.07 Å². The lowest BCUT2D eigenvalue weighted by molar-refractivity contribution is -0.117. The Kier molecular flexibility index (Phi) is 3.13. The summed E-state index contributed by atoms with van der Waals surface area (Å²) in [5.41, 5.74) is 7.52. The summed E-state index contributed by atoms with van der Waals surface area (Å²) in [6.45, 7) is 0. The molecule has 1 aromatic carbocycles. The standard InChI is InChI=1S/C13H12N4O2S/c14-11(10-2-1-5-20-10)12(18)15-7-3-4-8-9(6-7)17-13(19)16-8/h1-6,11H,14H2,(H,15,18)(H2,16,17,19). The first-order chi connectivity index (χ1) is 9.63. The molecule has 0 bridgehead atoms. The summed E-state index contributed by atoms with van der Waals surface area (Å²) in [5, 5.41) is 4.61. The Hall–Kier alpha value is -2.38. The number of aromatic nitrogens is 2. The van der Waals surface area contributed by atoms with E-state index in [4.69, 9.17) is 5.73 Å². The molecule has 2 aromatic heterocycles. The number of imidazole rings is 1. The number of hydrogen-bond donors (Lipinski definition) is 4. The molecule has 2 heterocycles. The average Bonchev–Trinajstić information content (AvgIpc) is 3.05. The van der Waals surface area contributed by atoms with Gasteiger partial charge in [0.25, 0.3) is 0 Å². The predicted molar refractivity (Wildman–Crippen MR) is 78.8 cm³/mol. The van der Waals surface area contributed by atoms with E-state index in [2.05, 4.69) is 15.3 Å². The fourth-order valence-electron chi connectivity index (χ4n) is 1.93. The van der Waals surface area contributed by atoms with Crippen molar-refractivity contribution in [2.24, 2.45) is 5.73 Å². The van der Waals surface area contributed by atoms with E-state index in [-0.39, 0.29) is 11.6 Å². The number of anilines is 1. The number of nitrogens with one attached hydrogen (secondary N) is 3. The highest BCUT2D eigenvalue weighted by Gasteiger charge is 2.16. The molecular weight excluding hydrogens is 276 g/mol. The second kappa shape index (κ2) is 4.95. The fourth-order valence-corrected chi connectivity index (χ4v) is 2.65. The summed E-state index contributed by atoms with van der Waals surface area (Å²) < 4.78 is 0. The predicted octanol–water partition coefficient (Wildman–Crippen LogP) is 1.56. The van der Waals surface area contributed by atoms with Crippen LogP contribution in [0.4, 0.5) is 5.69 Å². The van der Waals surface area contributed by atoms with Gasteiger partial charge in [0.05, 0.1) is 11.0 Å². The van der Waals surface area contributed by atoms with Crippen LogP contribution in [-0.2, 0) is 4.79 Å². The van der Waals surface area contributed by atoms with Crippen LogP contribution in [0, 0.1) is 0 Å². The number of thiophene rings is 1. The molecule has 1 atom stereocenters. The maximum absolute atomic E-state index is 12.0. The van der Waals surface area contributed by atoms with E-state index in [1.165, 1.54) is 11.3 Å². The number of aromatic amines is 2. The van der Waals surface area contributed by atoms with E-state index in [9.17, 15) is 9.59 Å². The summed E-state index contributed by atoms with van der Waals surface area (Å²) in [4.78, 5) is 29.3. The first-order valence-corrected chi connectivity index (χ1v) is 6.83. The quantitative estimate of drug-likeness (QED) is 0.588. The lowest BCUT2D eigenvalue weighted by Crippen LogP contribution is -2.26. The molecule has 0 aliphatic rings. The topological polar surface area (TPSA) is 104 Å². The van der Waals surface area contributed by atoms with Gasteiger partial charge in [-0.3, -0.25) is 4.79 Å². The largest absolute Gasteiger partial charge is 0.324 e. The van der Waals surface area contributed by atoms with Crippen molar-refractivity contribution >= 4 is 34.0 Å². The molecule has 102 valence electrons. The van der Waals surface area contributed by atoms with Crippen LogP contribution in [0.5, 0.6) is 0 Å². The third-order valence-corrected chi connectivity index (χ3v) is 3.87. The van der Waals surface area contributed by atoms with Crippen LogP contribution in [0.15, 0.2) is 40.5 Å². The van der Waals surface area contributed by atoms with Gasteiger partial charge in [0, 0.05) is 10.6 Å². The van der Waals surface area contributed by atoms with Crippen molar-refractivity contribution < 1.29 is 4.79 Å². The molecule has 20 heavy (non-hydrogen) atoms. The molecule has 7 heteroatoms. The Morgan fingerprint density at radius 1 is 1.25 bits per heavy atom. The monoisotopic (exact) mass is 288 g/mol. The van der Waals surface area contributed by atoms with Gasteiger partial charge in [-0.05, 0) is 29.6 Å². The van der Waals surface area contributed by atoms with Crippen molar-refractivity contribution in [2.75, 3.05) is 5.32 Å². The number of H-pyrrole nitrogens is 2. The van der Waals surface area contributed by atoms with Crippen LogP contribution >= 0.6 is 11.3 Å². The summed E-state index contributed by atoms with van der Waals surface area (Å²) in [7, 11) is 0. The zero-order valence-corrected chi connectivity index (χ0v) is 11.2. The summed E-state index contributed by atoms with van der Waals surface area (Å²) >= 11 is 1.44. The van der Waals surface area contributed by atoms with E-state index < -0.39 is 6.04 Å². The SMILES string of the molecule is NC(C(=O)Nc1ccc2[nH]c(=O)[nH]c2c1)c1cccs1. The number of nitrogens with two attached hydrogens (primary N) is 1. The second-order valence-electron chi connectivity index (χ2n) is 4.32. The summed E-state index contributed by atoms with van der Waals surface area (Å²) in [5.74, 6) is -0.287. The minimum Gasteiger partial charge on any atom is -0.324 e. The van der Waals surface area contributed by atoms with E-state index in [0.29, 0.717) is 16.7 Å². The molecule has 0 saturated carbocycles. The molecule has 1 amide bonds. The molecule has 3 rings (SSSR count). The molecule has 5 N–H and O–H groups in total. The van der Waals surface area contributed by atoms with E-state index in [1.54, 1.807) is 18.2 Å². The van der Waals surface area contributed by atoms with Gasteiger partial charge < -0.3 is 21.0 Å². The third kappa shape index (κ3) is 2.36. The van der Waals surface area contributed by atoms with Crippen LogP contribution < -0.4 is 16.7 Å². The average molecular weight is 288 g/mol. The first kappa shape index (κ1) is 12.6. The number of carbonyl (C=O) groups is 1. The maximum Gasteiger partial charge on any atom is 0.323 e. The van der Waals surface area contributed by atoms with Crippen LogP contribution in [0.2, 0.25) is 0 Å². The number of benzene rings is 1. The van der Waals surface area contributed by atoms with E-state index >= 15 is 0 Å². The minimum absolute atomic E-state index is 0.279.